The molecule has 1 amide bonds. The topological polar surface area (TPSA) is 91.2 Å². The number of nitrogens with zero attached hydrogens (tertiary/aromatic N) is 4. The molecule has 0 radical (unpaired) electrons. The molecule has 0 spiro atoms. The highest BCUT2D eigenvalue weighted by Crippen LogP contribution is 2.33. The number of amides is 1. The van der Waals surface area contributed by atoms with Gasteiger partial charge in [0.05, 0.1) is 18.1 Å². The second-order valence-corrected chi connectivity index (χ2v) is 9.43. The number of nitro benzene ring substituents is 1. The van der Waals surface area contributed by atoms with Crippen LogP contribution in [0.2, 0.25) is 0 Å². The molecular weight excluding hydrogens is 466 g/mol. The predicted octanol–water partition coefficient (Wildman–Crippen LogP) is 3.39. The summed E-state index contributed by atoms with van der Waals surface area (Å²) in [5.41, 5.74) is 3.45. The summed E-state index contributed by atoms with van der Waals surface area (Å²) in [6.45, 7) is 9.30. The summed E-state index contributed by atoms with van der Waals surface area (Å²) < 4.78 is 5.40. The lowest BCUT2D eigenvalue weighted by molar-refractivity contribution is -0.384. The van der Waals surface area contributed by atoms with Crippen LogP contribution in [0.1, 0.15) is 35.7 Å². The molecule has 1 N–H and O–H groups in total. The minimum absolute atomic E-state index is 0.111. The number of benzene rings is 2. The van der Waals surface area contributed by atoms with Crippen LogP contribution in [-0.4, -0.2) is 73.3 Å². The molecule has 2 aromatic carbocycles. The number of nitro groups is 1. The van der Waals surface area contributed by atoms with E-state index in [9.17, 15) is 14.9 Å². The first kappa shape index (κ1) is 24.9. The molecule has 2 saturated heterocycles. The first-order valence-electron chi connectivity index (χ1n) is 11.9. The number of carbonyl (C=O) groups excluding carboxylic acids is 1. The number of nitrogens with one attached hydrogen (secondary N) is 1. The van der Waals surface area contributed by atoms with Crippen molar-refractivity contribution in [2.24, 2.45) is 0 Å². The minimum Gasteiger partial charge on any atom is -0.378 e. The van der Waals surface area contributed by atoms with Crippen molar-refractivity contribution in [3.05, 3.63) is 63.7 Å². The molecule has 0 aromatic heterocycles. The lowest BCUT2D eigenvalue weighted by Gasteiger charge is -2.37. The van der Waals surface area contributed by atoms with Crippen LogP contribution in [0.3, 0.4) is 0 Å². The van der Waals surface area contributed by atoms with Crippen molar-refractivity contribution in [2.45, 2.75) is 19.8 Å². The van der Waals surface area contributed by atoms with Crippen LogP contribution in [0, 0.1) is 10.1 Å². The van der Waals surface area contributed by atoms with Gasteiger partial charge in [-0.05, 0) is 48.0 Å². The molecule has 2 aliphatic rings. The van der Waals surface area contributed by atoms with E-state index in [1.165, 1.54) is 5.56 Å². The Morgan fingerprint density at radius 1 is 1.00 bits per heavy atom. The van der Waals surface area contributed by atoms with Crippen molar-refractivity contribution >= 4 is 40.3 Å². The predicted molar refractivity (Wildman–Crippen MR) is 141 cm³/mol. The quantitative estimate of drug-likeness (QED) is 0.382. The SMILES string of the molecule is CC(C)c1ccc(C(=O)NC(=S)N2CCN(c3ccc([N+](=O)[O-])c(N4CCOCC4)c3)CC2)cc1. The van der Waals surface area contributed by atoms with E-state index in [0.29, 0.717) is 74.8 Å². The zero-order chi connectivity index (χ0) is 24.9. The monoisotopic (exact) mass is 497 g/mol. The number of rotatable bonds is 5. The van der Waals surface area contributed by atoms with E-state index in [1.807, 2.05) is 40.1 Å². The lowest BCUT2D eigenvalue weighted by Crippen LogP contribution is -2.52. The molecule has 0 saturated carbocycles. The van der Waals surface area contributed by atoms with Crippen molar-refractivity contribution in [3.8, 4) is 0 Å². The largest absolute Gasteiger partial charge is 0.378 e. The molecule has 2 aromatic rings. The van der Waals surface area contributed by atoms with Crippen molar-refractivity contribution in [3.63, 3.8) is 0 Å². The Kier molecular flexibility index (Phi) is 7.82. The Balaban J connectivity index is 1.37. The average Bonchev–Trinajstić information content (AvgIpc) is 2.89. The Hall–Kier alpha value is -3.24. The van der Waals surface area contributed by atoms with Crippen molar-refractivity contribution < 1.29 is 14.5 Å². The Labute approximate surface area is 210 Å². The number of anilines is 2. The summed E-state index contributed by atoms with van der Waals surface area (Å²) in [5, 5.41) is 14.9. The van der Waals surface area contributed by atoms with Crippen LogP contribution < -0.4 is 15.1 Å². The molecule has 186 valence electrons. The highest BCUT2D eigenvalue weighted by molar-refractivity contribution is 7.80. The van der Waals surface area contributed by atoms with Crippen LogP contribution in [0.5, 0.6) is 0 Å². The highest BCUT2D eigenvalue weighted by atomic mass is 32.1. The van der Waals surface area contributed by atoms with Gasteiger partial charge in [0.25, 0.3) is 11.6 Å². The van der Waals surface area contributed by atoms with Gasteiger partial charge in [-0.1, -0.05) is 26.0 Å². The van der Waals surface area contributed by atoms with E-state index in [4.69, 9.17) is 17.0 Å². The summed E-state index contributed by atoms with van der Waals surface area (Å²) in [7, 11) is 0. The maximum Gasteiger partial charge on any atom is 0.292 e. The molecule has 0 aliphatic carbocycles. The summed E-state index contributed by atoms with van der Waals surface area (Å²) in [4.78, 5) is 30.1. The van der Waals surface area contributed by atoms with Gasteiger partial charge in [-0.2, -0.15) is 0 Å². The van der Waals surface area contributed by atoms with Crippen LogP contribution in [-0.2, 0) is 4.74 Å². The second-order valence-electron chi connectivity index (χ2n) is 9.04. The summed E-state index contributed by atoms with van der Waals surface area (Å²) in [6.07, 6.45) is 0. The smallest absolute Gasteiger partial charge is 0.292 e. The number of ether oxygens (including phenoxy) is 1. The van der Waals surface area contributed by atoms with E-state index in [-0.39, 0.29) is 16.5 Å². The summed E-state index contributed by atoms with van der Waals surface area (Å²) in [5.74, 6) is 0.198. The molecule has 0 atom stereocenters. The number of morpholine rings is 1. The van der Waals surface area contributed by atoms with Gasteiger partial charge < -0.3 is 19.4 Å². The average molecular weight is 498 g/mol. The van der Waals surface area contributed by atoms with E-state index in [1.54, 1.807) is 12.1 Å². The van der Waals surface area contributed by atoms with Gasteiger partial charge in [0.15, 0.2) is 5.11 Å². The first-order valence-corrected chi connectivity index (χ1v) is 12.3. The summed E-state index contributed by atoms with van der Waals surface area (Å²) in [6, 6.07) is 12.9. The van der Waals surface area contributed by atoms with Crippen molar-refractivity contribution in [1.29, 1.82) is 0 Å². The number of carbonyl (C=O) groups is 1. The van der Waals surface area contributed by atoms with Crippen LogP contribution in [0.4, 0.5) is 17.1 Å². The van der Waals surface area contributed by atoms with Crippen molar-refractivity contribution in [2.75, 3.05) is 62.3 Å². The van der Waals surface area contributed by atoms with E-state index in [2.05, 4.69) is 24.1 Å². The van der Waals surface area contributed by atoms with Crippen molar-refractivity contribution in [1.82, 2.24) is 10.2 Å². The van der Waals surface area contributed by atoms with E-state index < -0.39 is 0 Å². The Morgan fingerprint density at radius 2 is 1.66 bits per heavy atom. The highest BCUT2D eigenvalue weighted by Gasteiger charge is 2.25. The first-order chi connectivity index (χ1) is 16.8. The maximum atomic E-state index is 12.6. The lowest BCUT2D eigenvalue weighted by atomic mass is 10.0. The number of hydrogen-bond acceptors (Lipinski definition) is 7. The molecular formula is C25H31N5O4S. The fourth-order valence-corrected chi connectivity index (χ4v) is 4.63. The Morgan fingerprint density at radius 3 is 2.26 bits per heavy atom. The van der Waals surface area contributed by atoms with Gasteiger partial charge >= 0.3 is 0 Å². The molecule has 2 fully saturated rings. The zero-order valence-electron chi connectivity index (χ0n) is 20.1. The molecule has 2 aliphatic heterocycles. The van der Waals surface area contributed by atoms with Gasteiger partial charge in [0.1, 0.15) is 5.69 Å². The fourth-order valence-electron chi connectivity index (χ4n) is 4.36. The summed E-state index contributed by atoms with van der Waals surface area (Å²) >= 11 is 5.51. The third kappa shape index (κ3) is 5.88. The van der Waals surface area contributed by atoms with E-state index in [0.717, 1.165) is 5.69 Å². The second kappa shape index (κ2) is 11.0. The molecule has 0 unspecified atom stereocenters. The third-order valence-electron chi connectivity index (χ3n) is 6.50. The van der Waals surface area contributed by atoms with Gasteiger partial charge in [-0.25, -0.2) is 0 Å². The Bertz CT molecular complexity index is 1080. The normalized spacial score (nSPS) is 16.4. The standard InChI is InChI=1S/C25H31N5O4S/c1-18(2)19-3-5-20(6-4-19)24(31)26-25(35)29-11-9-27(10-12-29)21-7-8-22(30(32)33)23(17-21)28-13-15-34-16-14-28/h3-8,17-18H,9-16H2,1-2H3,(H,26,31,35). The van der Waals surface area contributed by atoms with Gasteiger partial charge in [-0.3, -0.25) is 20.2 Å². The number of thiocarbonyl (C=S) groups is 1. The number of piperazine rings is 1. The number of hydrogen-bond donors (Lipinski definition) is 1. The van der Waals surface area contributed by atoms with Gasteiger partial charge in [-0.15, -0.1) is 0 Å². The van der Waals surface area contributed by atoms with Gasteiger partial charge in [0, 0.05) is 56.6 Å². The fraction of sp³-hybridized carbons (Fsp3) is 0.440. The molecule has 35 heavy (non-hydrogen) atoms. The van der Waals surface area contributed by atoms with Crippen LogP contribution in [0.15, 0.2) is 42.5 Å². The third-order valence-corrected chi connectivity index (χ3v) is 6.86. The molecule has 2 heterocycles. The molecule has 10 heteroatoms. The molecule has 9 nitrogen and oxygen atoms in total. The van der Waals surface area contributed by atoms with Crippen LogP contribution >= 0.6 is 12.2 Å². The minimum atomic E-state index is -0.329. The maximum absolute atomic E-state index is 12.6. The molecule has 0 bridgehead atoms. The van der Waals surface area contributed by atoms with Crippen LogP contribution in [0.25, 0.3) is 0 Å². The zero-order valence-corrected chi connectivity index (χ0v) is 20.9. The molecule has 4 rings (SSSR count). The van der Waals surface area contributed by atoms with Gasteiger partial charge in [0.2, 0.25) is 0 Å². The van der Waals surface area contributed by atoms with E-state index >= 15 is 0 Å².